The number of ether oxygens (including phenoxy) is 4. The van der Waals surface area contributed by atoms with Gasteiger partial charge in [-0.2, -0.15) is 0 Å². The van der Waals surface area contributed by atoms with E-state index in [-0.39, 0.29) is 38.6 Å². The highest BCUT2D eigenvalue weighted by atomic mass is 16.7. The minimum atomic E-state index is -1.52. The summed E-state index contributed by atoms with van der Waals surface area (Å²) in [5.41, 5.74) is 0. The van der Waals surface area contributed by atoms with Crippen LogP contribution in [0, 0.1) is 0 Å². The number of unbranched alkanes of at least 4 members (excludes halogenated alkanes) is 10. The maximum atomic E-state index is 12.7. The van der Waals surface area contributed by atoms with E-state index >= 15 is 0 Å². The Balaban J connectivity index is 4.43. The number of nitrogens with zero attached hydrogens (tertiary/aromatic N) is 1. The fourth-order valence-electron chi connectivity index (χ4n) is 5.73. The third-order valence-electron chi connectivity index (χ3n) is 9.36. The molecule has 0 heterocycles. The third kappa shape index (κ3) is 44.1. The minimum absolute atomic E-state index is 0.174. The lowest BCUT2D eigenvalue weighted by Gasteiger charge is -2.25. The number of rotatable bonds is 41. The van der Waals surface area contributed by atoms with Gasteiger partial charge in [-0.1, -0.05) is 162 Å². The average Bonchev–Trinajstić information content (AvgIpc) is 3.22. The molecule has 0 spiro atoms. The number of allylic oxidation sites excluding steroid dienone is 16. The molecule has 0 aromatic heterocycles. The Labute approximate surface area is 372 Å². The number of esters is 2. The van der Waals surface area contributed by atoms with Crippen LogP contribution >= 0.6 is 0 Å². The van der Waals surface area contributed by atoms with Gasteiger partial charge in [0, 0.05) is 12.8 Å². The molecule has 0 fully saturated rings. The first kappa shape index (κ1) is 57.2. The molecule has 0 aliphatic carbocycles. The van der Waals surface area contributed by atoms with Gasteiger partial charge in [-0.05, 0) is 77.0 Å². The molecule has 0 rings (SSSR count). The lowest BCUT2D eigenvalue weighted by Crippen LogP contribution is -2.40. The summed E-state index contributed by atoms with van der Waals surface area (Å²) >= 11 is 0. The number of carboxylic acids is 1. The van der Waals surface area contributed by atoms with E-state index in [0.717, 1.165) is 83.5 Å². The summed E-state index contributed by atoms with van der Waals surface area (Å²) in [6, 6.07) is 0. The van der Waals surface area contributed by atoms with Gasteiger partial charge in [-0.3, -0.25) is 9.59 Å². The molecule has 9 heteroatoms. The second kappa shape index (κ2) is 42.9. The number of carboxylic acid groups (broad SMARTS) is 1. The van der Waals surface area contributed by atoms with Crippen molar-refractivity contribution in [3.05, 3.63) is 97.2 Å². The van der Waals surface area contributed by atoms with Crippen LogP contribution in [-0.4, -0.2) is 87.4 Å². The van der Waals surface area contributed by atoms with Crippen molar-refractivity contribution in [3.63, 3.8) is 0 Å². The molecule has 0 aromatic carbocycles. The van der Waals surface area contributed by atoms with Crippen LogP contribution < -0.4 is 0 Å². The van der Waals surface area contributed by atoms with Gasteiger partial charge in [0.05, 0.1) is 34.4 Å². The Bertz CT molecular complexity index is 1320. The van der Waals surface area contributed by atoms with E-state index in [1.54, 1.807) is 0 Å². The highest BCUT2D eigenvalue weighted by molar-refractivity contribution is 5.71. The van der Waals surface area contributed by atoms with E-state index in [2.05, 4.69) is 111 Å². The zero-order valence-electron chi connectivity index (χ0n) is 39.0. The fraction of sp³-hybridized carbons (Fsp3) is 0.635. The summed E-state index contributed by atoms with van der Waals surface area (Å²) in [4.78, 5) is 37.0. The van der Waals surface area contributed by atoms with Crippen molar-refractivity contribution in [1.82, 2.24) is 0 Å². The van der Waals surface area contributed by atoms with E-state index in [9.17, 15) is 19.5 Å². The standard InChI is InChI=1S/C52H85NO8/c1-6-8-10-12-14-16-17-18-19-20-21-22-23-24-25-26-27-28-29-30-31-32-33-35-37-39-41-43-50(55)61-48(47-60-52(51(56)57)58-45-44-53(3,4)5)46-59-49(54)42-40-38-36-34-15-13-11-9-7-2/h8,10,14,16,18-19,21-22,24-25,27-28,30-31,33,35,48,52H,6-7,9,11-13,15,17,20,23,26,29,32,34,36-47H2,1-5H3/p+1/b10-8-,16-14-,19-18-,22-21-,25-24-,28-27-,31-30-,35-33-. The van der Waals surface area contributed by atoms with Gasteiger partial charge < -0.3 is 28.5 Å². The maximum Gasteiger partial charge on any atom is 0.361 e. The van der Waals surface area contributed by atoms with E-state index in [1.165, 1.54) is 38.5 Å². The molecule has 0 radical (unpaired) electrons. The van der Waals surface area contributed by atoms with Gasteiger partial charge in [-0.25, -0.2) is 4.79 Å². The number of likely N-dealkylation sites (N-methyl/N-ethyl adjacent to an activating group) is 1. The predicted molar refractivity (Wildman–Crippen MR) is 253 cm³/mol. The molecule has 0 aromatic rings. The first-order valence-corrected chi connectivity index (χ1v) is 23.4. The summed E-state index contributed by atoms with van der Waals surface area (Å²) < 4.78 is 22.6. The van der Waals surface area contributed by atoms with Crippen molar-refractivity contribution in [3.8, 4) is 0 Å². The van der Waals surface area contributed by atoms with Crippen LogP contribution in [-0.2, 0) is 33.3 Å². The van der Waals surface area contributed by atoms with Crippen molar-refractivity contribution in [2.24, 2.45) is 0 Å². The Morgan fingerprint density at radius 3 is 1.39 bits per heavy atom. The quantitative estimate of drug-likeness (QED) is 0.0213. The molecule has 0 amide bonds. The maximum absolute atomic E-state index is 12.7. The molecule has 0 bridgehead atoms. The Hall–Kier alpha value is -3.79. The summed E-state index contributed by atoms with van der Waals surface area (Å²) in [6.07, 6.45) is 53.4. The second-order valence-electron chi connectivity index (χ2n) is 16.3. The second-order valence-corrected chi connectivity index (χ2v) is 16.3. The molecule has 0 saturated carbocycles. The minimum Gasteiger partial charge on any atom is -0.477 e. The fourth-order valence-corrected chi connectivity index (χ4v) is 5.73. The van der Waals surface area contributed by atoms with Gasteiger partial charge in [-0.15, -0.1) is 0 Å². The molecular weight excluding hydrogens is 767 g/mol. The predicted octanol–water partition coefficient (Wildman–Crippen LogP) is 12.7. The Morgan fingerprint density at radius 2 is 0.934 bits per heavy atom. The van der Waals surface area contributed by atoms with Crippen molar-refractivity contribution < 1.29 is 42.9 Å². The van der Waals surface area contributed by atoms with Gasteiger partial charge in [0.2, 0.25) is 0 Å². The number of aliphatic carboxylic acids is 1. The zero-order valence-corrected chi connectivity index (χ0v) is 39.0. The lowest BCUT2D eigenvalue weighted by atomic mass is 10.1. The molecule has 1 N–H and O–H groups in total. The highest BCUT2D eigenvalue weighted by Gasteiger charge is 2.25. The van der Waals surface area contributed by atoms with Crippen molar-refractivity contribution in [2.45, 2.75) is 167 Å². The number of hydrogen-bond acceptors (Lipinski definition) is 7. The van der Waals surface area contributed by atoms with Crippen molar-refractivity contribution in [2.75, 3.05) is 47.5 Å². The summed E-state index contributed by atoms with van der Waals surface area (Å²) in [7, 11) is 5.93. The Kier molecular flexibility index (Phi) is 40.2. The molecule has 0 saturated heterocycles. The van der Waals surface area contributed by atoms with Gasteiger partial charge in [0.1, 0.15) is 13.2 Å². The molecule has 2 atom stereocenters. The van der Waals surface area contributed by atoms with Crippen LogP contribution in [0.3, 0.4) is 0 Å². The molecule has 9 nitrogen and oxygen atoms in total. The topological polar surface area (TPSA) is 108 Å². The first-order valence-electron chi connectivity index (χ1n) is 23.4. The third-order valence-corrected chi connectivity index (χ3v) is 9.36. The Morgan fingerprint density at radius 1 is 0.508 bits per heavy atom. The van der Waals surface area contributed by atoms with Gasteiger partial charge in [0.25, 0.3) is 6.29 Å². The van der Waals surface area contributed by atoms with Crippen LogP contribution in [0.25, 0.3) is 0 Å². The first-order chi connectivity index (χ1) is 29.6. The smallest absolute Gasteiger partial charge is 0.361 e. The van der Waals surface area contributed by atoms with Gasteiger partial charge >= 0.3 is 17.9 Å². The summed E-state index contributed by atoms with van der Waals surface area (Å²) in [5, 5.41) is 9.62. The summed E-state index contributed by atoms with van der Waals surface area (Å²) in [5.74, 6) is -2.08. The summed E-state index contributed by atoms with van der Waals surface area (Å²) in [6.45, 7) is 4.65. The zero-order chi connectivity index (χ0) is 44.9. The molecular formula is C52H86NO8+. The average molecular weight is 853 g/mol. The van der Waals surface area contributed by atoms with Gasteiger partial charge in [0.15, 0.2) is 6.10 Å². The van der Waals surface area contributed by atoms with E-state index in [0.29, 0.717) is 17.4 Å². The van der Waals surface area contributed by atoms with Crippen molar-refractivity contribution >= 4 is 17.9 Å². The number of carbonyl (C=O) groups excluding carboxylic acids is 2. The van der Waals surface area contributed by atoms with E-state index in [1.807, 2.05) is 21.1 Å². The van der Waals surface area contributed by atoms with Crippen LogP contribution in [0.2, 0.25) is 0 Å². The van der Waals surface area contributed by atoms with E-state index < -0.39 is 24.3 Å². The molecule has 0 aliphatic heterocycles. The number of quaternary nitrogens is 1. The molecule has 346 valence electrons. The van der Waals surface area contributed by atoms with Crippen LogP contribution in [0.4, 0.5) is 0 Å². The largest absolute Gasteiger partial charge is 0.477 e. The molecule has 0 aliphatic rings. The van der Waals surface area contributed by atoms with E-state index in [4.69, 9.17) is 18.9 Å². The molecule has 61 heavy (non-hydrogen) atoms. The normalized spacial score (nSPS) is 13.8. The number of hydrogen-bond donors (Lipinski definition) is 1. The molecule has 2 unspecified atom stereocenters. The van der Waals surface area contributed by atoms with Crippen molar-refractivity contribution in [1.29, 1.82) is 0 Å². The van der Waals surface area contributed by atoms with Crippen LogP contribution in [0.1, 0.15) is 155 Å². The lowest BCUT2D eigenvalue weighted by molar-refractivity contribution is -0.870. The van der Waals surface area contributed by atoms with Crippen LogP contribution in [0.5, 0.6) is 0 Å². The van der Waals surface area contributed by atoms with Crippen LogP contribution in [0.15, 0.2) is 97.2 Å². The number of carbonyl (C=O) groups is 3. The monoisotopic (exact) mass is 853 g/mol. The highest BCUT2D eigenvalue weighted by Crippen LogP contribution is 2.12. The SMILES string of the molecule is CC/C=C\C/C=C\C/C=C\C/C=C\C/C=C\C/C=C\C/C=C\C/C=C\CCCCC(=O)OC(COC(=O)CCCCCCCCCCC)COC(OCC[N+](C)(C)C)C(=O)O.